The van der Waals surface area contributed by atoms with Crippen LogP contribution in [0.2, 0.25) is 0 Å². The molecule has 1 aliphatic heterocycles. The van der Waals surface area contributed by atoms with Crippen LogP contribution in [0.4, 0.5) is 0 Å². The number of nitrogens with one attached hydrogen (secondary N) is 1. The van der Waals surface area contributed by atoms with Crippen molar-refractivity contribution in [2.75, 3.05) is 25.4 Å². The van der Waals surface area contributed by atoms with Gasteiger partial charge in [0.15, 0.2) is 5.16 Å². The van der Waals surface area contributed by atoms with Crippen molar-refractivity contribution in [3.63, 3.8) is 0 Å². The number of benzene rings is 1. The van der Waals surface area contributed by atoms with Gasteiger partial charge >= 0.3 is 0 Å². The second-order valence-corrected chi connectivity index (χ2v) is 7.07. The van der Waals surface area contributed by atoms with Gasteiger partial charge in [0.2, 0.25) is 0 Å². The average Bonchev–Trinajstić information content (AvgIpc) is 3.04. The van der Waals surface area contributed by atoms with Crippen LogP contribution in [0.1, 0.15) is 30.1 Å². The highest BCUT2D eigenvalue weighted by molar-refractivity contribution is 7.99. The Morgan fingerprint density at radius 3 is 2.67 bits per heavy atom. The number of piperidine rings is 1. The van der Waals surface area contributed by atoms with Crippen molar-refractivity contribution in [2.24, 2.45) is 0 Å². The van der Waals surface area contributed by atoms with E-state index < -0.39 is 6.10 Å². The topological polar surface area (TPSA) is 83.2 Å². The standard InChI is InChI=1S/C17H24N4O2S/c22-11-15(23)12-24-17-20-19-16(14-6-8-18-9-7-14)21(17)10-13-4-2-1-3-5-13/h1-5,14-15,18,22-23H,6-12H2. The van der Waals surface area contributed by atoms with E-state index in [1.165, 1.54) is 17.3 Å². The van der Waals surface area contributed by atoms with Gasteiger partial charge in [-0.15, -0.1) is 10.2 Å². The largest absolute Gasteiger partial charge is 0.394 e. The van der Waals surface area contributed by atoms with Gasteiger partial charge in [-0.1, -0.05) is 42.1 Å². The Bertz CT molecular complexity index is 629. The van der Waals surface area contributed by atoms with Crippen LogP contribution < -0.4 is 5.32 Å². The molecule has 0 spiro atoms. The Kier molecular flexibility index (Phi) is 6.25. The first-order valence-corrected chi connectivity index (χ1v) is 9.36. The summed E-state index contributed by atoms with van der Waals surface area (Å²) in [5, 5.41) is 31.6. The smallest absolute Gasteiger partial charge is 0.191 e. The number of aliphatic hydroxyl groups excluding tert-OH is 2. The number of aliphatic hydroxyl groups is 2. The highest BCUT2D eigenvalue weighted by Crippen LogP contribution is 2.28. The molecule has 1 aromatic carbocycles. The fraction of sp³-hybridized carbons (Fsp3) is 0.529. The van der Waals surface area contributed by atoms with Gasteiger partial charge in [-0.2, -0.15) is 0 Å². The molecular weight excluding hydrogens is 324 g/mol. The minimum Gasteiger partial charge on any atom is -0.394 e. The van der Waals surface area contributed by atoms with Crippen molar-refractivity contribution in [2.45, 2.75) is 36.6 Å². The predicted octanol–water partition coefficient (Wildman–Crippen LogP) is 1.24. The number of nitrogens with zero attached hydrogens (tertiary/aromatic N) is 3. The Labute approximate surface area is 146 Å². The van der Waals surface area contributed by atoms with Crippen LogP contribution in [-0.2, 0) is 6.54 Å². The highest BCUT2D eigenvalue weighted by atomic mass is 32.2. The summed E-state index contributed by atoms with van der Waals surface area (Å²) in [4.78, 5) is 0. The first-order chi connectivity index (χ1) is 11.8. The summed E-state index contributed by atoms with van der Waals surface area (Å²) >= 11 is 1.45. The highest BCUT2D eigenvalue weighted by Gasteiger charge is 2.23. The number of hydrogen-bond acceptors (Lipinski definition) is 6. The maximum atomic E-state index is 9.62. The number of aromatic nitrogens is 3. The quantitative estimate of drug-likeness (QED) is 0.653. The average molecular weight is 348 g/mol. The molecule has 2 heterocycles. The Morgan fingerprint density at radius 2 is 1.96 bits per heavy atom. The van der Waals surface area contributed by atoms with Gasteiger partial charge < -0.3 is 20.1 Å². The fourth-order valence-electron chi connectivity index (χ4n) is 2.93. The first-order valence-electron chi connectivity index (χ1n) is 8.37. The maximum absolute atomic E-state index is 9.62. The van der Waals surface area contributed by atoms with E-state index in [9.17, 15) is 5.11 Å². The molecule has 1 unspecified atom stereocenters. The van der Waals surface area contributed by atoms with E-state index in [4.69, 9.17) is 5.11 Å². The van der Waals surface area contributed by atoms with E-state index in [1.54, 1.807) is 0 Å². The van der Waals surface area contributed by atoms with Crippen LogP contribution in [0.25, 0.3) is 0 Å². The molecule has 0 amide bonds. The van der Waals surface area contributed by atoms with Crippen LogP contribution in [-0.4, -0.2) is 56.5 Å². The number of rotatable bonds is 7. The van der Waals surface area contributed by atoms with Crippen molar-refractivity contribution in [1.82, 2.24) is 20.1 Å². The molecule has 0 radical (unpaired) electrons. The number of hydrogen-bond donors (Lipinski definition) is 3. The molecule has 2 aromatic rings. The summed E-state index contributed by atoms with van der Waals surface area (Å²) in [6, 6.07) is 10.3. The van der Waals surface area contributed by atoms with Crippen molar-refractivity contribution in [3.8, 4) is 0 Å². The zero-order valence-corrected chi connectivity index (χ0v) is 14.5. The van der Waals surface area contributed by atoms with Crippen molar-refractivity contribution in [3.05, 3.63) is 41.7 Å². The Balaban J connectivity index is 1.83. The van der Waals surface area contributed by atoms with Gasteiger partial charge in [-0.25, -0.2) is 0 Å². The van der Waals surface area contributed by atoms with E-state index in [0.29, 0.717) is 11.7 Å². The summed E-state index contributed by atoms with van der Waals surface area (Å²) in [5.74, 6) is 1.86. The SMILES string of the molecule is OCC(O)CSc1nnc(C2CCNCC2)n1Cc1ccccc1. The van der Waals surface area contributed by atoms with E-state index in [1.807, 2.05) is 18.2 Å². The number of thioether (sulfide) groups is 1. The molecule has 0 aliphatic carbocycles. The van der Waals surface area contributed by atoms with Crippen LogP contribution in [0.3, 0.4) is 0 Å². The summed E-state index contributed by atoms with van der Waals surface area (Å²) < 4.78 is 2.17. The molecule has 1 atom stereocenters. The van der Waals surface area contributed by atoms with Crippen LogP contribution in [0.15, 0.2) is 35.5 Å². The molecule has 1 saturated heterocycles. The minimum atomic E-state index is -0.737. The molecule has 130 valence electrons. The van der Waals surface area contributed by atoms with E-state index in [0.717, 1.165) is 43.5 Å². The zero-order valence-electron chi connectivity index (χ0n) is 13.6. The lowest BCUT2D eigenvalue weighted by Gasteiger charge is -2.23. The fourth-order valence-corrected chi connectivity index (χ4v) is 3.79. The molecule has 1 aliphatic rings. The summed E-state index contributed by atoms with van der Waals surface area (Å²) in [5.41, 5.74) is 1.21. The third-order valence-electron chi connectivity index (χ3n) is 4.25. The lowest BCUT2D eigenvalue weighted by atomic mass is 9.97. The molecule has 24 heavy (non-hydrogen) atoms. The van der Waals surface area contributed by atoms with Gasteiger partial charge in [0, 0.05) is 11.7 Å². The lowest BCUT2D eigenvalue weighted by Crippen LogP contribution is -2.28. The third-order valence-corrected chi connectivity index (χ3v) is 5.36. The summed E-state index contributed by atoms with van der Waals surface area (Å²) in [7, 11) is 0. The van der Waals surface area contributed by atoms with E-state index >= 15 is 0 Å². The molecule has 3 N–H and O–H groups in total. The zero-order chi connectivity index (χ0) is 16.8. The lowest BCUT2D eigenvalue weighted by molar-refractivity contribution is 0.113. The molecular formula is C17H24N4O2S. The Hall–Kier alpha value is -1.41. The van der Waals surface area contributed by atoms with Gasteiger partial charge in [0.25, 0.3) is 0 Å². The summed E-state index contributed by atoms with van der Waals surface area (Å²) in [6.07, 6.45) is 1.40. The second-order valence-electron chi connectivity index (χ2n) is 6.08. The second kappa shape index (κ2) is 8.62. The summed E-state index contributed by atoms with van der Waals surface area (Å²) in [6.45, 7) is 2.51. The van der Waals surface area contributed by atoms with Gasteiger partial charge in [-0.3, -0.25) is 0 Å². The van der Waals surface area contributed by atoms with E-state index in [2.05, 4.69) is 32.2 Å². The van der Waals surface area contributed by atoms with Crippen molar-refractivity contribution >= 4 is 11.8 Å². The van der Waals surface area contributed by atoms with Crippen molar-refractivity contribution < 1.29 is 10.2 Å². The molecule has 1 aromatic heterocycles. The molecule has 0 saturated carbocycles. The molecule has 7 heteroatoms. The van der Waals surface area contributed by atoms with Gasteiger partial charge in [-0.05, 0) is 31.5 Å². The molecule has 1 fully saturated rings. The van der Waals surface area contributed by atoms with Crippen LogP contribution in [0.5, 0.6) is 0 Å². The monoisotopic (exact) mass is 348 g/mol. The first kappa shape index (κ1) is 17.4. The maximum Gasteiger partial charge on any atom is 0.191 e. The Morgan fingerprint density at radius 1 is 1.21 bits per heavy atom. The normalized spacial score (nSPS) is 17.1. The molecule has 6 nitrogen and oxygen atoms in total. The van der Waals surface area contributed by atoms with E-state index in [-0.39, 0.29) is 6.61 Å². The van der Waals surface area contributed by atoms with Gasteiger partial charge in [0.1, 0.15) is 5.82 Å². The van der Waals surface area contributed by atoms with Crippen molar-refractivity contribution in [1.29, 1.82) is 0 Å². The molecule has 3 rings (SSSR count). The third kappa shape index (κ3) is 4.36. The minimum absolute atomic E-state index is 0.235. The molecule has 0 bridgehead atoms. The van der Waals surface area contributed by atoms with Gasteiger partial charge in [0.05, 0.1) is 19.3 Å². The predicted molar refractivity (Wildman–Crippen MR) is 94.2 cm³/mol. The van der Waals surface area contributed by atoms with Crippen LogP contribution >= 0.6 is 11.8 Å². The van der Waals surface area contributed by atoms with Crippen LogP contribution in [0, 0.1) is 0 Å².